The van der Waals surface area contributed by atoms with Crippen molar-refractivity contribution >= 4 is 11.9 Å². The summed E-state index contributed by atoms with van der Waals surface area (Å²) in [7, 11) is 0. The van der Waals surface area contributed by atoms with Crippen LogP contribution in [0.3, 0.4) is 0 Å². The number of esters is 2. The molecule has 0 spiro atoms. The summed E-state index contributed by atoms with van der Waals surface area (Å²) < 4.78 is 29.6. The van der Waals surface area contributed by atoms with Crippen LogP contribution in [0.15, 0.2) is 0 Å². The lowest BCUT2D eigenvalue weighted by atomic mass is 9.86. The second-order valence-corrected chi connectivity index (χ2v) is 5.25. The van der Waals surface area contributed by atoms with Crippen molar-refractivity contribution in [2.24, 2.45) is 11.8 Å². The number of rotatable bonds is 5. The van der Waals surface area contributed by atoms with Gasteiger partial charge in [-0.05, 0) is 12.3 Å². The number of hydrogen-bond donors (Lipinski definition) is 0. The number of hydrogen-bond acceptors (Lipinski definition) is 5. The Labute approximate surface area is 118 Å². The third-order valence-corrected chi connectivity index (χ3v) is 3.58. The molecule has 2 unspecified atom stereocenters. The summed E-state index contributed by atoms with van der Waals surface area (Å²) in [4.78, 5) is 22.3. The van der Waals surface area contributed by atoms with E-state index in [-0.39, 0.29) is 24.4 Å². The van der Waals surface area contributed by atoms with Crippen LogP contribution < -0.4 is 0 Å². The van der Waals surface area contributed by atoms with Crippen LogP contribution in [0, 0.1) is 11.8 Å². The Morgan fingerprint density at radius 1 is 1.25 bits per heavy atom. The number of halogens is 1. The van der Waals surface area contributed by atoms with E-state index in [4.69, 9.17) is 14.2 Å². The zero-order valence-electron chi connectivity index (χ0n) is 12.4. The van der Waals surface area contributed by atoms with Crippen LogP contribution in [0.1, 0.15) is 40.5 Å². The van der Waals surface area contributed by atoms with Gasteiger partial charge in [0.25, 0.3) is 0 Å². The van der Waals surface area contributed by atoms with E-state index in [2.05, 4.69) is 0 Å². The van der Waals surface area contributed by atoms with E-state index in [0.29, 0.717) is 12.8 Å². The van der Waals surface area contributed by atoms with Gasteiger partial charge in [0.2, 0.25) is 6.29 Å². The number of ether oxygens (including phenoxy) is 3. The first kappa shape index (κ1) is 16.9. The molecule has 0 aliphatic carbocycles. The highest BCUT2D eigenvalue weighted by Gasteiger charge is 2.43. The maximum atomic E-state index is 14.1. The number of alkyl halides is 1. The van der Waals surface area contributed by atoms with Gasteiger partial charge >= 0.3 is 11.9 Å². The maximum absolute atomic E-state index is 14.1. The monoisotopic (exact) mass is 290 g/mol. The summed E-state index contributed by atoms with van der Waals surface area (Å²) in [6.45, 7) is 6.47. The van der Waals surface area contributed by atoms with Gasteiger partial charge < -0.3 is 14.2 Å². The lowest BCUT2D eigenvalue weighted by Gasteiger charge is -2.40. The largest absolute Gasteiger partial charge is 0.463 e. The van der Waals surface area contributed by atoms with E-state index in [9.17, 15) is 14.0 Å². The molecule has 0 saturated carbocycles. The molecule has 0 aromatic rings. The molecule has 1 aliphatic rings. The zero-order valence-corrected chi connectivity index (χ0v) is 12.4. The fourth-order valence-corrected chi connectivity index (χ4v) is 2.11. The molecule has 1 fully saturated rings. The van der Waals surface area contributed by atoms with Crippen molar-refractivity contribution in [3.63, 3.8) is 0 Å². The smallest absolute Gasteiger partial charge is 0.308 e. The summed E-state index contributed by atoms with van der Waals surface area (Å²) in [5.41, 5.74) is 0. The average Bonchev–Trinajstić information content (AvgIpc) is 2.38. The molecular formula is C14H23FO5. The van der Waals surface area contributed by atoms with Crippen molar-refractivity contribution in [1.29, 1.82) is 0 Å². The van der Waals surface area contributed by atoms with Crippen molar-refractivity contribution in [3.8, 4) is 0 Å². The minimum absolute atomic E-state index is 0.171. The van der Waals surface area contributed by atoms with E-state index >= 15 is 0 Å². The standard InChI is InChI=1S/C14H23FO5/c1-5-6-12(17)20-14-9(3)8(2)13(15)11(19-14)7-18-10(4)16/h8-9,11,13-14H,5-7H2,1-4H3/t8-,9?,11?,13+,14-/m1/s1. The SMILES string of the molecule is CCCC(=O)O[C@H]1OC(COC(C)=O)[C@@H](F)[C@H](C)C1C. The summed E-state index contributed by atoms with van der Waals surface area (Å²) >= 11 is 0. The Kier molecular flexibility index (Phi) is 6.39. The molecule has 116 valence electrons. The van der Waals surface area contributed by atoms with Crippen LogP contribution in [0.25, 0.3) is 0 Å². The molecule has 1 aliphatic heterocycles. The Hall–Kier alpha value is -1.17. The van der Waals surface area contributed by atoms with Gasteiger partial charge in [-0.15, -0.1) is 0 Å². The average molecular weight is 290 g/mol. The van der Waals surface area contributed by atoms with Crippen LogP contribution in [0.2, 0.25) is 0 Å². The molecule has 5 nitrogen and oxygen atoms in total. The van der Waals surface area contributed by atoms with Gasteiger partial charge in [-0.1, -0.05) is 20.8 Å². The molecule has 0 radical (unpaired) electrons. The Balaban J connectivity index is 2.65. The Morgan fingerprint density at radius 2 is 1.90 bits per heavy atom. The molecule has 5 atom stereocenters. The quantitative estimate of drug-likeness (QED) is 0.727. The first-order chi connectivity index (χ1) is 9.36. The molecule has 20 heavy (non-hydrogen) atoms. The van der Waals surface area contributed by atoms with Gasteiger partial charge in [0, 0.05) is 19.3 Å². The topological polar surface area (TPSA) is 61.8 Å². The molecule has 0 amide bonds. The summed E-state index contributed by atoms with van der Waals surface area (Å²) in [6, 6.07) is 0. The molecule has 1 saturated heterocycles. The predicted molar refractivity (Wildman–Crippen MR) is 69.5 cm³/mol. The fraction of sp³-hybridized carbons (Fsp3) is 0.857. The fourth-order valence-electron chi connectivity index (χ4n) is 2.11. The maximum Gasteiger partial charge on any atom is 0.308 e. The summed E-state index contributed by atoms with van der Waals surface area (Å²) in [5.74, 6) is -1.45. The highest BCUT2D eigenvalue weighted by atomic mass is 19.1. The number of carbonyl (C=O) groups excluding carboxylic acids is 2. The lowest BCUT2D eigenvalue weighted by molar-refractivity contribution is -0.252. The van der Waals surface area contributed by atoms with Crippen LogP contribution in [-0.4, -0.2) is 37.1 Å². The van der Waals surface area contributed by atoms with E-state index < -0.39 is 24.5 Å². The Bertz CT molecular complexity index is 346. The van der Waals surface area contributed by atoms with Gasteiger partial charge in [0.05, 0.1) is 0 Å². The van der Waals surface area contributed by atoms with Gasteiger partial charge in [-0.3, -0.25) is 9.59 Å². The van der Waals surface area contributed by atoms with Crippen LogP contribution >= 0.6 is 0 Å². The molecule has 6 heteroatoms. The predicted octanol–water partition coefficient (Wildman–Crippen LogP) is 2.23. The third kappa shape index (κ3) is 4.44. The Morgan fingerprint density at radius 3 is 2.45 bits per heavy atom. The van der Waals surface area contributed by atoms with E-state index in [0.717, 1.165) is 0 Å². The first-order valence-electron chi connectivity index (χ1n) is 6.99. The van der Waals surface area contributed by atoms with Gasteiger partial charge in [-0.25, -0.2) is 4.39 Å². The van der Waals surface area contributed by atoms with Gasteiger partial charge in [-0.2, -0.15) is 0 Å². The van der Waals surface area contributed by atoms with Crippen LogP contribution in [-0.2, 0) is 23.8 Å². The zero-order chi connectivity index (χ0) is 15.3. The first-order valence-corrected chi connectivity index (χ1v) is 6.99. The minimum atomic E-state index is -1.26. The van der Waals surface area contributed by atoms with Crippen molar-refractivity contribution in [2.45, 2.75) is 59.1 Å². The van der Waals surface area contributed by atoms with E-state index in [1.807, 2.05) is 6.92 Å². The van der Waals surface area contributed by atoms with Crippen LogP contribution in [0.4, 0.5) is 4.39 Å². The van der Waals surface area contributed by atoms with Crippen LogP contribution in [0.5, 0.6) is 0 Å². The van der Waals surface area contributed by atoms with E-state index in [1.165, 1.54) is 6.92 Å². The normalized spacial score (nSPS) is 33.5. The highest BCUT2D eigenvalue weighted by Crippen LogP contribution is 2.33. The lowest BCUT2D eigenvalue weighted by Crippen LogP contribution is -2.50. The van der Waals surface area contributed by atoms with Gasteiger partial charge in [0.1, 0.15) is 18.9 Å². The van der Waals surface area contributed by atoms with Gasteiger partial charge in [0.15, 0.2) is 0 Å². The third-order valence-electron chi connectivity index (χ3n) is 3.58. The highest BCUT2D eigenvalue weighted by molar-refractivity contribution is 5.69. The van der Waals surface area contributed by atoms with Crippen molar-refractivity contribution in [2.75, 3.05) is 6.61 Å². The second kappa shape index (κ2) is 7.57. The molecule has 0 aromatic heterocycles. The molecule has 1 heterocycles. The van der Waals surface area contributed by atoms with Crippen molar-refractivity contribution < 1.29 is 28.2 Å². The van der Waals surface area contributed by atoms with Crippen molar-refractivity contribution in [3.05, 3.63) is 0 Å². The molecule has 1 rings (SSSR count). The summed E-state index contributed by atoms with van der Waals surface area (Å²) in [6.07, 6.45) is -1.97. The molecule has 0 bridgehead atoms. The minimum Gasteiger partial charge on any atom is -0.463 e. The molecule has 0 aromatic carbocycles. The van der Waals surface area contributed by atoms with Crippen molar-refractivity contribution in [1.82, 2.24) is 0 Å². The second-order valence-electron chi connectivity index (χ2n) is 5.25. The molecule has 0 N–H and O–H groups in total. The number of carbonyl (C=O) groups is 2. The summed E-state index contributed by atoms with van der Waals surface area (Å²) in [5, 5.41) is 0. The molecular weight excluding hydrogens is 267 g/mol. The van der Waals surface area contributed by atoms with E-state index in [1.54, 1.807) is 13.8 Å².